The maximum absolute atomic E-state index is 12.3. The molecule has 1 saturated heterocycles. The van der Waals surface area contributed by atoms with Gasteiger partial charge in [-0.3, -0.25) is 9.48 Å². The van der Waals surface area contributed by atoms with E-state index in [0.29, 0.717) is 12.0 Å². The standard InChI is InChI=1S/C13H19N3O/c1-16-12(6-7-14-16)13(17)11-8-9-4-2-3-5-10(9)15-11/h6-7,9-11,15H,2-5,8H2,1H3. The van der Waals surface area contributed by atoms with E-state index in [1.54, 1.807) is 10.9 Å². The Morgan fingerprint density at radius 2 is 2.29 bits per heavy atom. The van der Waals surface area contributed by atoms with Gasteiger partial charge in [-0.05, 0) is 31.2 Å². The maximum atomic E-state index is 12.3. The van der Waals surface area contributed by atoms with Crippen LogP contribution in [0.1, 0.15) is 42.6 Å². The van der Waals surface area contributed by atoms with Crippen molar-refractivity contribution in [2.75, 3.05) is 0 Å². The van der Waals surface area contributed by atoms with E-state index in [1.807, 2.05) is 13.1 Å². The number of ketones is 1. The van der Waals surface area contributed by atoms with Crippen molar-refractivity contribution >= 4 is 5.78 Å². The molecule has 2 heterocycles. The highest BCUT2D eigenvalue weighted by atomic mass is 16.1. The van der Waals surface area contributed by atoms with Crippen molar-refractivity contribution in [3.8, 4) is 0 Å². The largest absolute Gasteiger partial charge is 0.304 e. The predicted octanol–water partition coefficient (Wildman–Crippen LogP) is 1.52. The fourth-order valence-electron chi connectivity index (χ4n) is 3.32. The number of nitrogens with zero attached hydrogens (tertiary/aromatic N) is 2. The predicted molar refractivity (Wildman–Crippen MR) is 64.8 cm³/mol. The Morgan fingerprint density at radius 3 is 3.00 bits per heavy atom. The summed E-state index contributed by atoms with van der Waals surface area (Å²) < 4.78 is 1.67. The SMILES string of the molecule is Cn1nccc1C(=O)C1CC2CCCCC2N1. The van der Waals surface area contributed by atoms with Crippen molar-refractivity contribution in [1.29, 1.82) is 0 Å². The van der Waals surface area contributed by atoms with Crippen LogP contribution >= 0.6 is 0 Å². The fraction of sp³-hybridized carbons (Fsp3) is 0.692. The summed E-state index contributed by atoms with van der Waals surface area (Å²) in [7, 11) is 1.83. The summed E-state index contributed by atoms with van der Waals surface area (Å²) in [4.78, 5) is 12.3. The first-order chi connectivity index (χ1) is 8.25. The Morgan fingerprint density at radius 1 is 1.47 bits per heavy atom. The van der Waals surface area contributed by atoms with Gasteiger partial charge in [-0.2, -0.15) is 5.10 Å². The molecule has 1 N–H and O–H groups in total. The monoisotopic (exact) mass is 233 g/mol. The third-order valence-corrected chi connectivity index (χ3v) is 4.25. The van der Waals surface area contributed by atoms with Gasteiger partial charge in [0.05, 0.1) is 6.04 Å². The van der Waals surface area contributed by atoms with Crippen LogP contribution in [0, 0.1) is 5.92 Å². The van der Waals surface area contributed by atoms with E-state index in [-0.39, 0.29) is 11.8 Å². The Kier molecular flexibility index (Phi) is 2.74. The maximum Gasteiger partial charge on any atom is 0.197 e. The zero-order chi connectivity index (χ0) is 11.8. The molecule has 3 rings (SSSR count). The summed E-state index contributed by atoms with van der Waals surface area (Å²) in [5.41, 5.74) is 0.723. The molecule has 0 spiro atoms. The van der Waals surface area contributed by atoms with Crippen molar-refractivity contribution in [1.82, 2.24) is 15.1 Å². The Hall–Kier alpha value is -1.16. The molecule has 1 aliphatic carbocycles. The molecule has 0 amide bonds. The summed E-state index contributed by atoms with van der Waals surface area (Å²) in [5, 5.41) is 7.59. The second-order valence-electron chi connectivity index (χ2n) is 5.31. The van der Waals surface area contributed by atoms with Crippen LogP contribution in [0.2, 0.25) is 0 Å². The van der Waals surface area contributed by atoms with Crippen LogP contribution < -0.4 is 5.32 Å². The number of rotatable bonds is 2. The van der Waals surface area contributed by atoms with E-state index in [1.165, 1.54) is 25.7 Å². The van der Waals surface area contributed by atoms with Gasteiger partial charge in [0.15, 0.2) is 5.78 Å². The van der Waals surface area contributed by atoms with Crippen LogP contribution in [0.15, 0.2) is 12.3 Å². The molecule has 3 atom stereocenters. The molecule has 2 aliphatic rings. The van der Waals surface area contributed by atoms with Gasteiger partial charge < -0.3 is 5.32 Å². The van der Waals surface area contributed by atoms with Gasteiger partial charge in [-0.25, -0.2) is 0 Å². The lowest BCUT2D eigenvalue weighted by Gasteiger charge is -2.24. The third kappa shape index (κ3) is 1.90. The molecular weight excluding hydrogens is 214 g/mol. The van der Waals surface area contributed by atoms with Gasteiger partial charge >= 0.3 is 0 Å². The highest BCUT2D eigenvalue weighted by Crippen LogP contribution is 2.33. The van der Waals surface area contributed by atoms with E-state index >= 15 is 0 Å². The number of hydrogen-bond acceptors (Lipinski definition) is 3. The third-order valence-electron chi connectivity index (χ3n) is 4.25. The first-order valence-electron chi connectivity index (χ1n) is 6.54. The molecule has 3 unspecified atom stereocenters. The molecule has 92 valence electrons. The molecule has 17 heavy (non-hydrogen) atoms. The summed E-state index contributed by atoms with van der Waals surface area (Å²) in [6.07, 6.45) is 7.85. The van der Waals surface area contributed by atoms with Gasteiger partial charge in [0.2, 0.25) is 0 Å². The van der Waals surface area contributed by atoms with Crippen LogP contribution in [0.3, 0.4) is 0 Å². The van der Waals surface area contributed by atoms with Crippen molar-refractivity contribution in [2.45, 2.75) is 44.2 Å². The molecule has 1 aromatic heterocycles. The Labute approximate surface area is 101 Å². The zero-order valence-electron chi connectivity index (χ0n) is 10.2. The molecule has 0 bridgehead atoms. The van der Waals surface area contributed by atoms with Crippen LogP contribution in [0.5, 0.6) is 0 Å². The van der Waals surface area contributed by atoms with Crippen LogP contribution in [-0.4, -0.2) is 27.6 Å². The number of hydrogen-bond donors (Lipinski definition) is 1. The van der Waals surface area contributed by atoms with E-state index in [0.717, 1.165) is 12.1 Å². The smallest absolute Gasteiger partial charge is 0.197 e. The number of fused-ring (bicyclic) bond motifs is 1. The molecule has 4 nitrogen and oxygen atoms in total. The minimum Gasteiger partial charge on any atom is -0.304 e. The molecular formula is C13H19N3O. The molecule has 0 aromatic carbocycles. The van der Waals surface area contributed by atoms with Crippen LogP contribution in [-0.2, 0) is 7.05 Å². The van der Waals surface area contributed by atoms with Crippen LogP contribution in [0.4, 0.5) is 0 Å². The van der Waals surface area contributed by atoms with Gasteiger partial charge in [0.25, 0.3) is 0 Å². The normalized spacial score (nSPS) is 32.4. The minimum absolute atomic E-state index is 0.0125. The highest BCUT2D eigenvalue weighted by Gasteiger charge is 2.38. The first-order valence-corrected chi connectivity index (χ1v) is 6.54. The number of aryl methyl sites for hydroxylation is 1. The van der Waals surface area contributed by atoms with Gasteiger partial charge in [0.1, 0.15) is 5.69 Å². The molecule has 1 saturated carbocycles. The number of carbonyl (C=O) groups is 1. The van der Waals surface area contributed by atoms with E-state index in [4.69, 9.17) is 0 Å². The first kappa shape index (κ1) is 11.0. The van der Waals surface area contributed by atoms with Gasteiger partial charge in [0, 0.05) is 19.3 Å². The van der Waals surface area contributed by atoms with Crippen molar-refractivity contribution in [3.63, 3.8) is 0 Å². The minimum atomic E-state index is 0.0125. The van der Waals surface area contributed by atoms with E-state index < -0.39 is 0 Å². The molecule has 1 aliphatic heterocycles. The lowest BCUT2D eigenvalue weighted by molar-refractivity contribution is 0.0939. The lowest BCUT2D eigenvalue weighted by Crippen LogP contribution is -2.37. The Bertz CT molecular complexity index is 412. The average Bonchev–Trinajstić information content (AvgIpc) is 2.93. The van der Waals surface area contributed by atoms with E-state index in [9.17, 15) is 4.79 Å². The van der Waals surface area contributed by atoms with Crippen molar-refractivity contribution < 1.29 is 4.79 Å². The quantitative estimate of drug-likeness (QED) is 0.788. The average molecular weight is 233 g/mol. The van der Waals surface area contributed by atoms with Crippen molar-refractivity contribution in [3.05, 3.63) is 18.0 Å². The second kappa shape index (κ2) is 4.26. The van der Waals surface area contributed by atoms with Crippen LogP contribution in [0.25, 0.3) is 0 Å². The zero-order valence-corrected chi connectivity index (χ0v) is 10.2. The molecule has 4 heteroatoms. The molecule has 0 radical (unpaired) electrons. The fourth-order valence-corrected chi connectivity index (χ4v) is 3.32. The summed E-state index contributed by atoms with van der Waals surface area (Å²) >= 11 is 0. The summed E-state index contributed by atoms with van der Waals surface area (Å²) in [6.45, 7) is 0. The van der Waals surface area contributed by atoms with Gasteiger partial charge in [-0.1, -0.05) is 12.8 Å². The number of nitrogens with one attached hydrogen (secondary N) is 1. The second-order valence-corrected chi connectivity index (χ2v) is 5.31. The van der Waals surface area contributed by atoms with Crippen molar-refractivity contribution in [2.24, 2.45) is 13.0 Å². The molecule has 1 aromatic rings. The number of Topliss-reactive ketones (excluding diaryl/α,β-unsaturated/α-hetero) is 1. The number of aromatic nitrogens is 2. The summed E-state index contributed by atoms with van der Waals surface area (Å²) in [6, 6.07) is 2.40. The summed E-state index contributed by atoms with van der Waals surface area (Å²) in [5.74, 6) is 0.922. The highest BCUT2D eigenvalue weighted by molar-refractivity contribution is 5.98. The van der Waals surface area contributed by atoms with Gasteiger partial charge in [-0.15, -0.1) is 0 Å². The number of carbonyl (C=O) groups excluding carboxylic acids is 1. The molecule has 2 fully saturated rings. The van der Waals surface area contributed by atoms with E-state index in [2.05, 4.69) is 10.4 Å². The topological polar surface area (TPSA) is 46.9 Å². The lowest BCUT2D eigenvalue weighted by atomic mass is 9.84. The Balaban J connectivity index is 1.74.